The van der Waals surface area contributed by atoms with Gasteiger partial charge in [-0.15, -0.1) is 0 Å². The molecular weight excluding hydrogens is 454 g/mol. The lowest BCUT2D eigenvalue weighted by Crippen LogP contribution is -2.50. The van der Waals surface area contributed by atoms with Gasteiger partial charge in [0, 0.05) is 16.1 Å². The van der Waals surface area contributed by atoms with Gasteiger partial charge in [-0.05, 0) is 12.1 Å². The van der Waals surface area contributed by atoms with Crippen LogP contribution in [0.15, 0.2) is 21.5 Å². The lowest BCUT2D eigenvalue weighted by molar-refractivity contribution is -0.348. The van der Waals surface area contributed by atoms with Crippen LogP contribution in [0, 0.1) is 6.07 Å². The van der Waals surface area contributed by atoms with Crippen LogP contribution in [-0.4, -0.2) is 26.3 Å². The van der Waals surface area contributed by atoms with Crippen molar-refractivity contribution >= 4 is 25.8 Å². The zero-order valence-corrected chi connectivity index (χ0v) is 12.9. The fourth-order valence-corrected chi connectivity index (χ4v) is 2.83. The number of rotatable bonds is 2. The molecule has 1 rings (SSSR count). The molecule has 0 unspecified atom stereocenters. The van der Waals surface area contributed by atoms with E-state index >= 15 is 0 Å². The molecule has 0 fully saturated rings. The van der Waals surface area contributed by atoms with Crippen LogP contribution < -0.4 is 0 Å². The number of alkyl halides is 10. The van der Waals surface area contributed by atoms with Crippen molar-refractivity contribution in [2.75, 3.05) is 0 Å². The van der Waals surface area contributed by atoms with Gasteiger partial charge in [-0.2, -0.15) is 39.5 Å². The highest BCUT2D eigenvalue weighted by molar-refractivity contribution is 9.10. The van der Waals surface area contributed by atoms with Crippen LogP contribution in [0.4, 0.5) is 43.9 Å². The van der Waals surface area contributed by atoms with E-state index in [2.05, 4.69) is 15.9 Å². The van der Waals surface area contributed by atoms with Crippen LogP contribution in [0.3, 0.4) is 0 Å². The van der Waals surface area contributed by atoms with Crippen molar-refractivity contribution in [3.05, 3.63) is 28.2 Å². The van der Waals surface area contributed by atoms with E-state index in [4.69, 9.17) is 0 Å². The Morgan fingerprint density at radius 3 is 1.58 bits per heavy atom. The Morgan fingerprint density at radius 1 is 0.833 bits per heavy atom. The minimum absolute atomic E-state index is 0.170. The van der Waals surface area contributed by atoms with E-state index in [-0.39, 0.29) is 6.07 Å². The van der Waals surface area contributed by atoms with Gasteiger partial charge < -0.3 is 0 Å². The first-order chi connectivity index (χ1) is 10.4. The van der Waals surface area contributed by atoms with Crippen molar-refractivity contribution in [3.8, 4) is 0 Å². The monoisotopic (exact) mass is 455 g/mol. The van der Waals surface area contributed by atoms with Gasteiger partial charge in [-0.25, -0.2) is 12.8 Å². The van der Waals surface area contributed by atoms with Gasteiger partial charge in [-0.1, -0.05) is 15.9 Å². The summed E-state index contributed by atoms with van der Waals surface area (Å²) < 4.78 is 148. The zero-order chi connectivity index (χ0) is 19.4. The molecule has 24 heavy (non-hydrogen) atoms. The van der Waals surface area contributed by atoms with E-state index in [9.17, 15) is 52.3 Å². The molecule has 0 saturated carbocycles. The molecule has 2 nitrogen and oxygen atoms in total. The topological polar surface area (TPSA) is 34.1 Å². The molecule has 0 N–H and O–H groups in total. The molecule has 0 atom stereocenters. The minimum atomic E-state index is -6.62. The molecule has 0 aliphatic carbocycles. The molecule has 0 aliphatic heterocycles. The van der Waals surface area contributed by atoms with E-state index in [1.54, 1.807) is 0 Å². The molecule has 137 valence electrons. The summed E-state index contributed by atoms with van der Waals surface area (Å²) >= 11 is 2.21. The number of benzene rings is 1. The molecule has 1 aromatic rings. The van der Waals surface area contributed by atoms with Crippen molar-refractivity contribution in [1.82, 2.24) is 0 Å². The minimum Gasteiger partial charge on any atom is -0.218 e. The normalized spacial score (nSPS) is 14.8. The Bertz CT molecular complexity index is 717. The number of hydrogen-bond acceptors (Lipinski definition) is 2. The summed E-state index contributed by atoms with van der Waals surface area (Å²) in [6.07, 6.45) is -13.2. The molecule has 0 saturated heterocycles. The fraction of sp³-hybridized carbons (Fsp3) is 0.400. The summed E-state index contributed by atoms with van der Waals surface area (Å²) in [4.78, 5) is -2.10. The molecular formula is C10H2BrF10O2S. The highest BCUT2D eigenvalue weighted by Gasteiger charge is 2.73. The summed E-state index contributed by atoms with van der Waals surface area (Å²) in [6, 6.07) is 0.493. The number of halogens is 11. The Hall–Kier alpha value is -1.05. The van der Waals surface area contributed by atoms with Gasteiger partial charge >= 0.3 is 23.5 Å². The summed E-state index contributed by atoms with van der Waals surface area (Å²) in [7, 11) is -6.36. The van der Waals surface area contributed by atoms with Gasteiger partial charge in [0.25, 0.3) is 9.84 Å². The van der Waals surface area contributed by atoms with E-state index in [0.717, 1.165) is 0 Å². The highest BCUT2D eigenvalue weighted by atomic mass is 79.9. The van der Waals surface area contributed by atoms with Crippen molar-refractivity contribution in [3.63, 3.8) is 0 Å². The van der Waals surface area contributed by atoms with Crippen molar-refractivity contribution in [2.24, 2.45) is 0 Å². The van der Waals surface area contributed by atoms with Crippen molar-refractivity contribution in [1.29, 1.82) is 0 Å². The quantitative estimate of drug-likeness (QED) is 0.598. The Labute approximate surface area is 135 Å². The molecule has 0 aliphatic rings. The summed E-state index contributed by atoms with van der Waals surface area (Å²) in [5.41, 5.74) is -14.5. The molecule has 14 heteroatoms. The van der Waals surface area contributed by atoms with Gasteiger partial charge in [0.15, 0.2) is 0 Å². The third kappa shape index (κ3) is 3.34. The van der Waals surface area contributed by atoms with Crippen molar-refractivity contribution in [2.45, 2.75) is 28.4 Å². The summed E-state index contributed by atoms with van der Waals surface area (Å²) in [5.74, 6) is 0. The highest BCUT2D eigenvalue weighted by Crippen LogP contribution is 2.54. The summed E-state index contributed by atoms with van der Waals surface area (Å²) in [6.45, 7) is 0. The number of sulfone groups is 1. The van der Waals surface area contributed by atoms with E-state index < -0.39 is 54.4 Å². The largest absolute Gasteiger partial charge is 0.501 e. The summed E-state index contributed by atoms with van der Waals surface area (Å²) in [5, 5.41) is 0. The van der Waals surface area contributed by atoms with Crippen LogP contribution in [0.25, 0.3) is 0 Å². The molecule has 1 radical (unpaired) electrons. The van der Waals surface area contributed by atoms with Crippen LogP contribution >= 0.6 is 15.9 Å². The van der Waals surface area contributed by atoms with E-state index in [1.807, 2.05) is 0 Å². The van der Waals surface area contributed by atoms with Gasteiger partial charge in [-0.3, -0.25) is 0 Å². The Kier molecular flexibility index (Phi) is 5.03. The SMILES string of the molecule is O=S(=O)(c1[c]c(Br)cc(C(F)(C(F)(F)F)C(F)(F)F)c1)C(F)(F)F. The second kappa shape index (κ2) is 5.75. The lowest BCUT2D eigenvalue weighted by atomic mass is 9.94. The molecule has 1 aromatic carbocycles. The van der Waals surface area contributed by atoms with E-state index in [0.29, 0.717) is 0 Å². The predicted molar refractivity (Wildman–Crippen MR) is 61.1 cm³/mol. The van der Waals surface area contributed by atoms with Crippen LogP contribution in [0.5, 0.6) is 0 Å². The lowest BCUT2D eigenvalue weighted by Gasteiger charge is -2.30. The molecule has 0 bridgehead atoms. The molecule has 0 amide bonds. The van der Waals surface area contributed by atoms with Gasteiger partial charge in [0.2, 0.25) is 0 Å². The fourth-order valence-electron chi connectivity index (χ4n) is 1.47. The molecule has 0 spiro atoms. The van der Waals surface area contributed by atoms with Crippen LogP contribution in [-0.2, 0) is 15.5 Å². The average molecular weight is 456 g/mol. The maximum atomic E-state index is 13.8. The van der Waals surface area contributed by atoms with E-state index in [1.165, 1.54) is 6.07 Å². The van der Waals surface area contributed by atoms with Crippen molar-refractivity contribution < 1.29 is 52.3 Å². The third-order valence-electron chi connectivity index (χ3n) is 2.58. The second-order valence-electron chi connectivity index (χ2n) is 4.18. The van der Waals surface area contributed by atoms with Gasteiger partial charge in [0.05, 0.1) is 4.90 Å². The van der Waals surface area contributed by atoms with Gasteiger partial charge in [0.1, 0.15) is 0 Å². The Balaban J connectivity index is 3.81. The first kappa shape index (κ1) is 21.0. The van der Waals surface area contributed by atoms with Crippen LogP contribution in [0.1, 0.15) is 5.56 Å². The molecule has 0 heterocycles. The predicted octanol–water partition coefficient (Wildman–Crippen LogP) is 4.83. The maximum Gasteiger partial charge on any atom is 0.501 e. The second-order valence-corrected chi connectivity index (χ2v) is 6.95. The standard InChI is InChI=1S/C10H2BrF10O2S/c11-5-1-4(7(12,8(13,14)15)9(16,17)18)2-6(3-5)24(22,23)10(19,20)21/h1-2H. The molecule has 0 aromatic heterocycles. The first-order valence-corrected chi connectivity index (χ1v) is 7.50. The average Bonchev–Trinajstić information content (AvgIpc) is 2.32. The first-order valence-electron chi connectivity index (χ1n) is 5.23. The van der Waals surface area contributed by atoms with Crippen LogP contribution in [0.2, 0.25) is 0 Å². The Morgan fingerprint density at radius 2 is 1.25 bits per heavy atom. The number of hydrogen-bond donors (Lipinski definition) is 0. The third-order valence-corrected chi connectivity index (χ3v) is 4.42. The maximum absolute atomic E-state index is 13.8. The zero-order valence-electron chi connectivity index (χ0n) is 10.5. The smallest absolute Gasteiger partial charge is 0.218 e.